The third-order valence-corrected chi connectivity index (χ3v) is 10.7. The van der Waals surface area contributed by atoms with Crippen LogP contribution >= 0.6 is 15.8 Å². The molecular formula is C27H28N2P2. The monoisotopic (exact) mass is 442 g/mol. The Morgan fingerprint density at radius 1 is 0.452 bits per heavy atom. The Hall–Kier alpha value is -2.66. The van der Waals surface area contributed by atoms with E-state index in [2.05, 4.69) is 84.9 Å². The van der Waals surface area contributed by atoms with Crippen molar-refractivity contribution in [1.82, 2.24) is 0 Å². The van der Waals surface area contributed by atoms with Gasteiger partial charge in [-0.3, -0.25) is 0 Å². The number of anilines is 2. The van der Waals surface area contributed by atoms with Gasteiger partial charge in [-0.1, -0.05) is 97.1 Å². The van der Waals surface area contributed by atoms with Crippen molar-refractivity contribution in [3.8, 4) is 0 Å². The van der Waals surface area contributed by atoms with Crippen LogP contribution in [0.3, 0.4) is 0 Å². The average molecular weight is 442 g/mol. The van der Waals surface area contributed by atoms with Gasteiger partial charge in [0.25, 0.3) is 0 Å². The molecule has 0 aliphatic rings. The molecule has 2 atom stereocenters. The van der Waals surface area contributed by atoms with Gasteiger partial charge in [0.15, 0.2) is 0 Å². The van der Waals surface area contributed by atoms with E-state index in [4.69, 9.17) is 11.5 Å². The van der Waals surface area contributed by atoms with E-state index in [1.807, 2.05) is 24.3 Å². The lowest BCUT2D eigenvalue weighted by Gasteiger charge is -2.24. The Bertz CT molecular complexity index is 1010. The number of hydrogen-bond acceptors (Lipinski definition) is 2. The molecule has 0 amide bonds. The topological polar surface area (TPSA) is 52.0 Å². The van der Waals surface area contributed by atoms with Crippen molar-refractivity contribution in [3.63, 3.8) is 0 Å². The fourth-order valence-electron chi connectivity index (χ4n) is 3.85. The number of rotatable bonds is 8. The van der Waals surface area contributed by atoms with Gasteiger partial charge in [-0.15, -0.1) is 0 Å². The zero-order valence-electron chi connectivity index (χ0n) is 17.6. The zero-order chi connectivity index (χ0) is 21.5. The van der Waals surface area contributed by atoms with Gasteiger partial charge in [0, 0.05) is 22.0 Å². The highest BCUT2D eigenvalue weighted by molar-refractivity contribution is 7.74. The Balaban J connectivity index is 1.59. The summed E-state index contributed by atoms with van der Waals surface area (Å²) in [5.74, 6) is 0. The maximum Gasteiger partial charge on any atom is 0.0395 e. The SMILES string of the molecule is Nc1ccccc1P(CCCP(c1ccccc1)c1ccccc1N)c1ccccc1. The van der Waals surface area contributed by atoms with E-state index in [1.165, 1.54) is 21.2 Å². The van der Waals surface area contributed by atoms with E-state index in [0.717, 1.165) is 30.1 Å². The molecule has 0 saturated heterocycles. The summed E-state index contributed by atoms with van der Waals surface area (Å²) in [6.07, 6.45) is 3.36. The van der Waals surface area contributed by atoms with Crippen molar-refractivity contribution >= 4 is 48.4 Å². The van der Waals surface area contributed by atoms with Crippen molar-refractivity contribution in [3.05, 3.63) is 109 Å². The maximum atomic E-state index is 6.40. The molecule has 0 radical (unpaired) electrons. The third-order valence-electron chi connectivity index (χ3n) is 5.35. The number of nitrogen functional groups attached to an aromatic ring is 2. The molecule has 0 aliphatic heterocycles. The summed E-state index contributed by atoms with van der Waals surface area (Å²) in [6.45, 7) is 0. The van der Waals surface area contributed by atoms with Crippen LogP contribution in [0.1, 0.15) is 6.42 Å². The molecule has 0 bridgehead atoms. The predicted molar refractivity (Wildman–Crippen MR) is 141 cm³/mol. The van der Waals surface area contributed by atoms with Crippen molar-refractivity contribution < 1.29 is 0 Å². The fourth-order valence-corrected chi connectivity index (χ4v) is 8.97. The standard InChI is InChI=1S/C27H28N2P2/c28-24-16-7-9-18-26(24)30(22-12-3-1-4-13-22)20-11-21-31(23-14-5-2-6-15-23)27-19-10-8-17-25(27)29/h1-10,12-19H,11,20-21,28-29H2. The largest absolute Gasteiger partial charge is 0.398 e. The highest BCUT2D eigenvalue weighted by atomic mass is 31.1. The molecule has 4 aromatic carbocycles. The lowest BCUT2D eigenvalue weighted by molar-refractivity contribution is 1.11. The minimum Gasteiger partial charge on any atom is -0.398 e. The van der Waals surface area contributed by atoms with Crippen LogP contribution < -0.4 is 32.7 Å². The molecule has 2 unspecified atom stereocenters. The van der Waals surface area contributed by atoms with E-state index < -0.39 is 15.8 Å². The fraction of sp³-hybridized carbons (Fsp3) is 0.111. The van der Waals surface area contributed by atoms with E-state index >= 15 is 0 Å². The first kappa shape index (κ1) is 21.6. The number of benzene rings is 4. The summed E-state index contributed by atoms with van der Waals surface area (Å²) in [5.41, 5.74) is 14.6. The second kappa shape index (κ2) is 10.6. The normalized spacial score (nSPS) is 12.9. The van der Waals surface area contributed by atoms with Gasteiger partial charge in [0.1, 0.15) is 0 Å². The summed E-state index contributed by atoms with van der Waals surface area (Å²) in [7, 11) is -0.987. The van der Waals surface area contributed by atoms with Gasteiger partial charge in [0.05, 0.1) is 0 Å². The van der Waals surface area contributed by atoms with Crippen molar-refractivity contribution in [2.75, 3.05) is 23.8 Å². The molecule has 4 rings (SSSR count). The van der Waals surface area contributed by atoms with Crippen LogP contribution in [-0.4, -0.2) is 12.3 Å². The van der Waals surface area contributed by atoms with Gasteiger partial charge in [-0.25, -0.2) is 0 Å². The zero-order valence-corrected chi connectivity index (χ0v) is 19.4. The predicted octanol–water partition coefficient (Wildman–Crippen LogP) is 4.81. The Morgan fingerprint density at radius 3 is 1.19 bits per heavy atom. The molecular weight excluding hydrogens is 414 g/mol. The van der Waals surface area contributed by atoms with Crippen LogP contribution in [0.4, 0.5) is 11.4 Å². The lowest BCUT2D eigenvalue weighted by atomic mass is 10.3. The number of para-hydroxylation sites is 2. The van der Waals surface area contributed by atoms with Gasteiger partial charge >= 0.3 is 0 Å². The Labute approximate surface area is 187 Å². The first-order valence-corrected chi connectivity index (χ1v) is 13.6. The van der Waals surface area contributed by atoms with Gasteiger partial charge in [-0.05, 0) is 57.3 Å². The highest BCUT2D eigenvalue weighted by Crippen LogP contribution is 2.41. The Kier molecular flexibility index (Phi) is 7.36. The second-order valence-corrected chi connectivity index (χ2v) is 12.0. The molecule has 4 heteroatoms. The summed E-state index contributed by atoms with van der Waals surface area (Å²) in [5, 5.41) is 5.34. The van der Waals surface area contributed by atoms with Crippen LogP contribution in [0, 0.1) is 0 Å². The van der Waals surface area contributed by atoms with Crippen LogP contribution in [-0.2, 0) is 0 Å². The van der Waals surface area contributed by atoms with E-state index in [1.54, 1.807) is 0 Å². The van der Waals surface area contributed by atoms with E-state index in [9.17, 15) is 0 Å². The molecule has 156 valence electrons. The highest BCUT2D eigenvalue weighted by Gasteiger charge is 2.19. The molecule has 2 nitrogen and oxygen atoms in total. The minimum atomic E-state index is -0.494. The van der Waals surface area contributed by atoms with Crippen LogP contribution in [0.15, 0.2) is 109 Å². The minimum absolute atomic E-state index is 0.494. The number of nitrogens with two attached hydrogens (primary N) is 2. The van der Waals surface area contributed by atoms with Gasteiger partial charge in [0.2, 0.25) is 0 Å². The molecule has 0 aliphatic carbocycles. The second-order valence-electron chi connectivity index (χ2n) is 7.45. The molecule has 4 N–H and O–H groups in total. The summed E-state index contributed by atoms with van der Waals surface area (Å²) < 4.78 is 0. The summed E-state index contributed by atoms with van der Waals surface area (Å²) >= 11 is 0. The van der Waals surface area contributed by atoms with Crippen LogP contribution in [0.25, 0.3) is 0 Å². The molecule has 31 heavy (non-hydrogen) atoms. The van der Waals surface area contributed by atoms with Crippen molar-refractivity contribution in [2.24, 2.45) is 0 Å². The molecule has 0 saturated carbocycles. The van der Waals surface area contributed by atoms with Crippen molar-refractivity contribution in [1.29, 1.82) is 0 Å². The quantitative estimate of drug-likeness (QED) is 0.304. The molecule has 0 heterocycles. The lowest BCUT2D eigenvalue weighted by Crippen LogP contribution is -2.20. The van der Waals surface area contributed by atoms with Gasteiger partial charge < -0.3 is 11.5 Å². The van der Waals surface area contributed by atoms with Gasteiger partial charge in [-0.2, -0.15) is 0 Å². The first-order valence-electron chi connectivity index (χ1n) is 10.6. The maximum absolute atomic E-state index is 6.40. The first-order chi connectivity index (χ1) is 15.2. The number of hydrogen-bond donors (Lipinski definition) is 2. The smallest absolute Gasteiger partial charge is 0.0395 e. The van der Waals surface area contributed by atoms with E-state index in [0.29, 0.717) is 0 Å². The third kappa shape index (κ3) is 5.34. The van der Waals surface area contributed by atoms with Crippen molar-refractivity contribution in [2.45, 2.75) is 6.42 Å². The molecule has 0 fully saturated rings. The van der Waals surface area contributed by atoms with E-state index in [-0.39, 0.29) is 0 Å². The van der Waals surface area contributed by atoms with Crippen LogP contribution in [0.2, 0.25) is 0 Å². The Morgan fingerprint density at radius 2 is 0.806 bits per heavy atom. The molecule has 4 aromatic rings. The molecule has 0 aromatic heterocycles. The van der Waals surface area contributed by atoms with Crippen LogP contribution in [0.5, 0.6) is 0 Å². The average Bonchev–Trinajstić information content (AvgIpc) is 2.82. The molecule has 0 spiro atoms. The summed E-state index contributed by atoms with van der Waals surface area (Å²) in [6, 6.07) is 38.3. The summed E-state index contributed by atoms with van der Waals surface area (Å²) in [4.78, 5) is 0.